The largest absolute Gasteiger partial charge is 0.360 e. The van der Waals surface area contributed by atoms with E-state index in [9.17, 15) is 0 Å². The Bertz CT molecular complexity index is 149. The van der Waals surface area contributed by atoms with Gasteiger partial charge in [0, 0.05) is 6.54 Å². The highest BCUT2D eigenvalue weighted by Crippen LogP contribution is 2.06. The van der Waals surface area contributed by atoms with E-state index in [0.717, 1.165) is 11.7 Å². The number of nitrogens with one attached hydrogen (secondary N) is 1. The molecule has 0 saturated heterocycles. The fraction of sp³-hybridized carbons (Fsp3) is 0.400. The van der Waals surface area contributed by atoms with Crippen molar-refractivity contribution in [1.29, 1.82) is 0 Å². The van der Waals surface area contributed by atoms with Crippen LogP contribution < -0.4 is 5.32 Å². The molecule has 0 aliphatic rings. The second-order valence-corrected chi connectivity index (χ2v) is 2.29. The van der Waals surface area contributed by atoms with Crippen LogP contribution in [0.3, 0.4) is 0 Å². The monoisotopic (exact) mass is 141 g/mol. The summed E-state index contributed by atoms with van der Waals surface area (Å²) in [7, 11) is 0. The summed E-state index contributed by atoms with van der Waals surface area (Å²) in [6.07, 6.45) is 0.625. The molecule has 0 atom stereocenters. The topological polar surface area (TPSA) is 37.8 Å². The van der Waals surface area contributed by atoms with Crippen molar-refractivity contribution in [3.8, 4) is 0 Å². The maximum atomic E-state index is 5.24. The molecule has 1 aromatic heterocycles. The minimum atomic E-state index is 0.625. The summed E-state index contributed by atoms with van der Waals surface area (Å²) < 4.78 is 0. The molecule has 1 heterocycles. The Morgan fingerprint density at radius 3 is 3.22 bits per heavy atom. The third-order valence-corrected chi connectivity index (χ3v) is 1.43. The van der Waals surface area contributed by atoms with Gasteiger partial charge in [0.05, 0.1) is 0 Å². The molecule has 9 heavy (non-hydrogen) atoms. The normalized spacial score (nSPS) is 9.44. The van der Waals surface area contributed by atoms with Crippen LogP contribution in [0.1, 0.15) is 6.42 Å². The van der Waals surface area contributed by atoms with Crippen molar-refractivity contribution in [3.05, 3.63) is 12.4 Å². The summed E-state index contributed by atoms with van der Waals surface area (Å²) in [6, 6.07) is 0. The molecule has 1 aromatic rings. The van der Waals surface area contributed by atoms with E-state index in [4.69, 9.17) is 6.92 Å². The molecule has 0 aliphatic carbocycles. The van der Waals surface area contributed by atoms with E-state index in [-0.39, 0.29) is 0 Å². The van der Waals surface area contributed by atoms with Crippen molar-refractivity contribution in [1.82, 2.24) is 10.2 Å². The molecule has 0 fully saturated rings. The Morgan fingerprint density at radius 2 is 2.67 bits per heavy atom. The number of aromatic nitrogens is 2. The molecule has 0 spiro atoms. The number of hydrogen-bond acceptors (Lipinski definition) is 4. The van der Waals surface area contributed by atoms with E-state index in [0.29, 0.717) is 6.42 Å². The second kappa shape index (κ2) is 3.40. The van der Waals surface area contributed by atoms with Crippen molar-refractivity contribution in [2.24, 2.45) is 0 Å². The minimum Gasteiger partial charge on any atom is -0.360 e. The van der Waals surface area contributed by atoms with Gasteiger partial charge in [0.25, 0.3) is 0 Å². The molecule has 48 valence electrons. The summed E-state index contributed by atoms with van der Waals surface area (Å²) in [5.74, 6) is 0. The van der Waals surface area contributed by atoms with E-state index in [1.165, 1.54) is 11.3 Å². The standard InChI is InChI=1S/C5H7N3S/c1-2-3-6-5-8-7-4-9-5/h1,4H,2-3H2,(H,6,8). The van der Waals surface area contributed by atoms with Crippen molar-refractivity contribution >= 4 is 16.5 Å². The first-order chi connectivity index (χ1) is 4.43. The van der Waals surface area contributed by atoms with Gasteiger partial charge < -0.3 is 5.32 Å². The molecule has 0 amide bonds. The lowest BCUT2D eigenvalue weighted by Crippen LogP contribution is -1.98. The Hall–Kier alpha value is -0.640. The molecule has 1 N–H and O–H groups in total. The summed E-state index contributed by atoms with van der Waals surface area (Å²) in [5, 5.41) is 11.2. The first-order valence-electron chi connectivity index (χ1n) is 2.63. The van der Waals surface area contributed by atoms with Crippen LogP contribution in [0.15, 0.2) is 5.51 Å². The molecule has 3 nitrogen and oxygen atoms in total. The highest BCUT2D eigenvalue weighted by atomic mass is 32.1. The first-order valence-corrected chi connectivity index (χ1v) is 3.51. The number of nitrogens with zero attached hydrogens (tertiary/aromatic N) is 2. The van der Waals surface area contributed by atoms with E-state index >= 15 is 0 Å². The molecular weight excluding hydrogens is 134 g/mol. The van der Waals surface area contributed by atoms with Gasteiger partial charge in [0.15, 0.2) is 0 Å². The Balaban J connectivity index is 2.30. The fourth-order valence-electron chi connectivity index (χ4n) is 0.429. The van der Waals surface area contributed by atoms with Crippen molar-refractivity contribution in [2.75, 3.05) is 11.9 Å². The molecule has 4 heteroatoms. The van der Waals surface area contributed by atoms with Crippen molar-refractivity contribution < 1.29 is 0 Å². The summed E-state index contributed by atoms with van der Waals surface area (Å²) in [4.78, 5) is 0. The maximum absolute atomic E-state index is 5.24. The second-order valence-electron chi connectivity index (χ2n) is 1.46. The molecule has 1 rings (SSSR count). The number of hydrogen-bond donors (Lipinski definition) is 1. The third-order valence-electron chi connectivity index (χ3n) is 0.781. The zero-order valence-electron chi connectivity index (χ0n) is 4.87. The fourth-order valence-corrected chi connectivity index (χ4v) is 0.903. The van der Waals surface area contributed by atoms with E-state index in [1.54, 1.807) is 5.51 Å². The van der Waals surface area contributed by atoms with E-state index in [2.05, 4.69) is 15.5 Å². The average Bonchev–Trinajstić information content (AvgIpc) is 2.34. The highest BCUT2D eigenvalue weighted by Gasteiger charge is 1.90. The number of anilines is 1. The highest BCUT2D eigenvalue weighted by molar-refractivity contribution is 7.13. The third kappa shape index (κ3) is 1.97. The smallest absolute Gasteiger partial charge is 0.205 e. The molecule has 0 aromatic carbocycles. The van der Waals surface area contributed by atoms with Crippen LogP contribution in [0.25, 0.3) is 0 Å². The van der Waals surface area contributed by atoms with Gasteiger partial charge in [-0.2, -0.15) is 0 Å². The number of rotatable bonds is 3. The lowest BCUT2D eigenvalue weighted by Gasteiger charge is -1.94. The summed E-state index contributed by atoms with van der Waals surface area (Å²) in [6.45, 7) is 6.00. The molecule has 2 radical (unpaired) electrons. The Morgan fingerprint density at radius 1 is 1.78 bits per heavy atom. The van der Waals surface area contributed by atoms with E-state index < -0.39 is 0 Å². The molecule has 0 aliphatic heterocycles. The van der Waals surface area contributed by atoms with E-state index in [1.807, 2.05) is 0 Å². The zero-order chi connectivity index (χ0) is 6.53. The van der Waals surface area contributed by atoms with Crippen molar-refractivity contribution in [2.45, 2.75) is 6.42 Å². The molecular formula is C5H7N3S. The lowest BCUT2D eigenvalue weighted by atomic mass is 10.5. The van der Waals surface area contributed by atoms with Gasteiger partial charge in [-0.25, -0.2) is 0 Å². The van der Waals surface area contributed by atoms with Crippen LogP contribution in [0.4, 0.5) is 5.13 Å². The average molecular weight is 141 g/mol. The van der Waals surface area contributed by atoms with Gasteiger partial charge in [-0.05, 0) is 13.3 Å². The molecule has 0 bridgehead atoms. The minimum absolute atomic E-state index is 0.625. The zero-order valence-corrected chi connectivity index (χ0v) is 5.69. The predicted molar refractivity (Wildman–Crippen MR) is 37.3 cm³/mol. The van der Waals surface area contributed by atoms with Crippen molar-refractivity contribution in [3.63, 3.8) is 0 Å². The Kier molecular flexibility index (Phi) is 2.45. The van der Waals surface area contributed by atoms with Gasteiger partial charge in [-0.1, -0.05) is 11.3 Å². The van der Waals surface area contributed by atoms with Gasteiger partial charge in [-0.3, -0.25) is 0 Å². The van der Waals surface area contributed by atoms with Gasteiger partial charge >= 0.3 is 0 Å². The van der Waals surface area contributed by atoms with Crippen LogP contribution in [-0.4, -0.2) is 16.7 Å². The SMILES string of the molecule is [CH]CCNc1nncs1. The lowest BCUT2D eigenvalue weighted by molar-refractivity contribution is 1.02. The van der Waals surface area contributed by atoms with Crippen LogP contribution in [0.2, 0.25) is 0 Å². The maximum Gasteiger partial charge on any atom is 0.205 e. The van der Waals surface area contributed by atoms with Gasteiger partial charge in [0.2, 0.25) is 5.13 Å². The molecule has 0 unspecified atom stereocenters. The summed E-state index contributed by atoms with van der Waals surface area (Å²) in [5.41, 5.74) is 1.68. The molecule has 0 saturated carbocycles. The summed E-state index contributed by atoms with van der Waals surface area (Å²) >= 11 is 1.47. The van der Waals surface area contributed by atoms with Crippen LogP contribution in [0, 0.1) is 6.92 Å². The first kappa shape index (κ1) is 6.48. The van der Waals surface area contributed by atoms with Gasteiger partial charge in [0.1, 0.15) is 5.51 Å². The Labute approximate surface area is 58.1 Å². The van der Waals surface area contributed by atoms with Crippen LogP contribution in [-0.2, 0) is 0 Å². The quantitative estimate of drug-likeness (QED) is 0.683. The predicted octanol–water partition coefficient (Wildman–Crippen LogP) is 1.05. The van der Waals surface area contributed by atoms with Crippen LogP contribution >= 0.6 is 11.3 Å². The van der Waals surface area contributed by atoms with Crippen LogP contribution in [0.5, 0.6) is 0 Å². The van der Waals surface area contributed by atoms with Gasteiger partial charge in [-0.15, -0.1) is 10.2 Å².